The van der Waals surface area contributed by atoms with Crippen LogP contribution in [0.25, 0.3) is 0 Å². The first-order valence-corrected chi connectivity index (χ1v) is 7.16. The number of hydrogen-bond acceptors (Lipinski definition) is 4. The van der Waals surface area contributed by atoms with Crippen LogP contribution in [0.1, 0.15) is 40.0 Å². The van der Waals surface area contributed by atoms with Crippen molar-refractivity contribution in [3.63, 3.8) is 0 Å². The minimum atomic E-state index is -0.978. The summed E-state index contributed by atoms with van der Waals surface area (Å²) in [6.07, 6.45) is 0.132. The van der Waals surface area contributed by atoms with Gasteiger partial charge in [-0.3, -0.25) is 9.59 Å². The third kappa shape index (κ3) is 6.46. The molecular weight excluding hydrogens is 276 g/mol. The van der Waals surface area contributed by atoms with Gasteiger partial charge in [0.2, 0.25) is 5.91 Å². The molecule has 0 spiro atoms. The monoisotopic (exact) mass is 300 g/mol. The second-order valence-electron chi connectivity index (χ2n) is 6.10. The van der Waals surface area contributed by atoms with E-state index in [0.717, 1.165) is 0 Å². The summed E-state index contributed by atoms with van der Waals surface area (Å²) in [5, 5.41) is 8.60. The number of ether oxygens (including phenoxy) is 1. The molecular formula is C14H24N2O5. The van der Waals surface area contributed by atoms with E-state index in [9.17, 15) is 14.4 Å². The van der Waals surface area contributed by atoms with Gasteiger partial charge in [0, 0.05) is 32.6 Å². The van der Waals surface area contributed by atoms with E-state index in [-0.39, 0.29) is 24.8 Å². The summed E-state index contributed by atoms with van der Waals surface area (Å²) in [7, 11) is 0. The first-order chi connectivity index (χ1) is 9.69. The van der Waals surface area contributed by atoms with Gasteiger partial charge in [0.25, 0.3) is 0 Å². The number of aliphatic carboxylic acids is 1. The van der Waals surface area contributed by atoms with Gasteiger partial charge in [-0.2, -0.15) is 0 Å². The Hall–Kier alpha value is -1.79. The van der Waals surface area contributed by atoms with Crippen LogP contribution in [0.2, 0.25) is 0 Å². The zero-order chi connectivity index (χ0) is 16.0. The van der Waals surface area contributed by atoms with Gasteiger partial charge in [-0.1, -0.05) is 0 Å². The number of carboxylic acid groups (broad SMARTS) is 1. The summed E-state index contributed by atoms with van der Waals surface area (Å²) in [6.45, 7) is 7.33. The predicted octanol–water partition coefficient (Wildman–Crippen LogP) is 1.32. The lowest BCUT2D eigenvalue weighted by Crippen LogP contribution is -2.40. The molecule has 1 N–H and O–H groups in total. The number of nitrogens with zero attached hydrogens (tertiary/aromatic N) is 2. The van der Waals surface area contributed by atoms with Crippen molar-refractivity contribution in [2.24, 2.45) is 0 Å². The third-order valence-corrected chi connectivity index (χ3v) is 3.05. The van der Waals surface area contributed by atoms with Crippen molar-refractivity contribution in [2.75, 3.05) is 26.2 Å². The minimum Gasteiger partial charge on any atom is -0.481 e. The highest BCUT2D eigenvalue weighted by molar-refractivity contribution is 5.80. The molecule has 1 rings (SSSR count). The topological polar surface area (TPSA) is 87.2 Å². The largest absolute Gasteiger partial charge is 0.481 e. The molecule has 1 aliphatic heterocycles. The van der Waals surface area contributed by atoms with E-state index >= 15 is 0 Å². The number of amides is 2. The first-order valence-electron chi connectivity index (χ1n) is 7.16. The zero-order valence-electron chi connectivity index (χ0n) is 12.9. The Kier molecular flexibility index (Phi) is 5.99. The van der Waals surface area contributed by atoms with Crippen LogP contribution in [-0.2, 0) is 14.3 Å². The molecule has 120 valence electrons. The van der Waals surface area contributed by atoms with Gasteiger partial charge in [-0.25, -0.2) is 4.79 Å². The van der Waals surface area contributed by atoms with Crippen LogP contribution < -0.4 is 0 Å². The van der Waals surface area contributed by atoms with E-state index < -0.39 is 11.6 Å². The van der Waals surface area contributed by atoms with Crippen molar-refractivity contribution < 1.29 is 24.2 Å². The van der Waals surface area contributed by atoms with Gasteiger partial charge in [0.1, 0.15) is 5.60 Å². The molecule has 0 aliphatic carbocycles. The van der Waals surface area contributed by atoms with Crippen LogP contribution in [0, 0.1) is 0 Å². The second kappa shape index (κ2) is 7.28. The van der Waals surface area contributed by atoms with Crippen LogP contribution in [0.4, 0.5) is 4.79 Å². The standard InChI is InChI=1S/C14H24N2O5/c1-14(2,3)21-13(20)16-8-4-7-15(9-10-16)11(17)5-6-12(18)19/h4-10H2,1-3H3,(H,18,19). The van der Waals surface area contributed by atoms with Crippen molar-refractivity contribution in [3.05, 3.63) is 0 Å². The number of hydrogen-bond donors (Lipinski definition) is 1. The van der Waals surface area contributed by atoms with E-state index in [4.69, 9.17) is 9.84 Å². The van der Waals surface area contributed by atoms with Crippen molar-refractivity contribution >= 4 is 18.0 Å². The molecule has 0 radical (unpaired) electrons. The normalized spacial score (nSPS) is 16.3. The van der Waals surface area contributed by atoms with Gasteiger partial charge >= 0.3 is 12.1 Å². The fourth-order valence-corrected chi connectivity index (χ4v) is 2.05. The van der Waals surface area contributed by atoms with Gasteiger partial charge in [-0.15, -0.1) is 0 Å². The van der Waals surface area contributed by atoms with Gasteiger partial charge in [-0.05, 0) is 27.2 Å². The quantitative estimate of drug-likeness (QED) is 0.849. The summed E-state index contributed by atoms with van der Waals surface area (Å²) in [4.78, 5) is 37.6. The Morgan fingerprint density at radius 1 is 1.00 bits per heavy atom. The molecule has 1 fully saturated rings. The van der Waals surface area contributed by atoms with Crippen LogP contribution in [0.15, 0.2) is 0 Å². The molecule has 2 amide bonds. The van der Waals surface area contributed by atoms with Crippen molar-refractivity contribution in [1.29, 1.82) is 0 Å². The SMILES string of the molecule is CC(C)(C)OC(=O)N1CCCN(C(=O)CCC(=O)O)CC1. The summed E-state index contributed by atoms with van der Waals surface area (Å²) in [5.41, 5.74) is -0.541. The number of carbonyl (C=O) groups excluding carboxylic acids is 2. The van der Waals surface area contributed by atoms with Crippen molar-refractivity contribution in [1.82, 2.24) is 9.80 Å². The molecule has 0 atom stereocenters. The highest BCUT2D eigenvalue weighted by Crippen LogP contribution is 2.12. The predicted molar refractivity (Wildman–Crippen MR) is 75.9 cm³/mol. The van der Waals surface area contributed by atoms with Crippen LogP contribution >= 0.6 is 0 Å². The molecule has 1 heterocycles. The Morgan fingerprint density at radius 3 is 2.14 bits per heavy atom. The zero-order valence-corrected chi connectivity index (χ0v) is 12.9. The Balaban J connectivity index is 2.48. The number of carboxylic acids is 1. The lowest BCUT2D eigenvalue weighted by Gasteiger charge is -2.26. The number of carbonyl (C=O) groups is 3. The third-order valence-electron chi connectivity index (χ3n) is 3.05. The van der Waals surface area contributed by atoms with Gasteiger partial charge < -0.3 is 19.6 Å². The smallest absolute Gasteiger partial charge is 0.410 e. The second-order valence-corrected chi connectivity index (χ2v) is 6.10. The average Bonchev–Trinajstić information content (AvgIpc) is 2.59. The van der Waals surface area contributed by atoms with E-state index in [0.29, 0.717) is 32.6 Å². The molecule has 7 heteroatoms. The van der Waals surface area contributed by atoms with E-state index in [1.54, 1.807) is 9.80 Å². The van der Waals surface area contributed by atoms with Crippen molar-refractivity contribution in [2.45, 2.75) is 45.6 Å². The minimum absolute atomic E-state index is 0.00176. The Bertz CT molecular complexity index is 403. The molecule has 0 saturated carbocycles. The summed E-state index contributed by atoms with van der Waals surface area (Å²) < 4.78 is 5.31. The van der Waals surface area contributed by atoms with E-state index in [1.807, 2.05) is 20.8 Å². The fraction of sp³-hybridized carbons (Fsp3) is 0.786. The molecule has 1 saturated heterocycles. The first kappa shape index (κ1) is 17.3. The summed E-state index contributed by atoms with van der Waals surface area (Å²) in [5.74, 6) is -1.16. The molecule has 21 heavy (non-hydrogen) atoms. The molecule has 0 aromatic heterocycles. The number of rotatable bonds is 3. The summed E-state index contributed by atoms with van der Waals surface area (Å²) in [6, 6.07) is 0. The van der Waals surface area contributed by atoms with Crippen LogP contribution in [0.5, 0.6) is 0 Å². The van der Waals surface area contributed by atoms with Crippen LogP contribution in [0.3, 0.4) is 0 Å². The molecule has 0 aromatic rings. The molecule has 0 bridgehead atoms. The average molecular weight is 300 g/mol. The summed E-state index contributed by atoms with van der Waals surface area (Å²) >= 11 is 0. The molecule has 7 nitrogen and oxygen atoms in total. The van der Waals surface area contributed by atoms with E-state index in [1.165, 1.54) is 0 Å². The molecule has 0 unspecified atom stereocenters. The Labute approximate surface area is 124 Å². The van der Waals surface area contributed by atoms with Gasteiger partial charge in [0.15, 0.2) is 0 Å². The lowest BCUT2D eigenvalue weighted by atomic mass is 10.2. The van der Waals surface area contributed by atoms with Crippen LogP contribution in [-0.4, -0.2) is 64.7 Å². The highest BCUT2D eigenvalue weighted by atomic mass is 16.6. The van der Waals surface area contributed by atoms with Gasteiger partial charge in [0.05, 0.1) is 6.42 Å². The Morgan fingerprint density at radius 2 is 1.57 bits per heavy atom. The fourth-order valence-electron chi connectivity index (χ4n) is 2.05. The maximum Gasteiger partial charge on any atom is 0.410 e. The highest BCUT2D eigenvalue weighted by Gasteiger charge is 2.25. The molecule has 1 aliphatic rings. The maximum absolute atomic E-state index is 12.0. The lowest BCUT2D eigenvalue weighted by molar-refractivity contribution is -0.140. The van der Waals surface area contributed by atoms with E-state index in [2.05, 4.69) is 0 Å². The maximum atomic E-state index is 12.0. The van der Waals surface area contributed by atoms with Crippen molar-refractivity contribution in [3.8, 4) is 0 Å². The molecule has 0 aromatic carbocycles.